The van der Waals surface area contributed by atoms with E-state index >= 15 is 0 Å². The molecule has 1 aliphatic carbocycles. The second-order valence-corrected chi connectivity index (χ2v) is 7.08. The van der Waals surface area contributed by atoms with Crippen molar-refractivity contribution < 1.29 is 22.6 Å². The number of nitrogens with two attached hydrogens (primary N) is 1. The van der Waals surface area contributed by atoms with Crippen LogP contribution in [0.2, 0.25) is 0 Å². The number of benzene rings is 1. The lowest BCUT2D eigenvalue weighted by Crippen LogP contribution is -2.67. The van der Waals surface area contributed by atoms with Crippen molar-refractivity contribution in [2.45, 2.75) is 45.3 Å². The Balaban J connectivity index is 1.55. The van der Waals surface area contributed by atoms with Crippen molar-refractivity contribution in [2.24, 2.45) is 22.1 Å². The Bertz CT molecular complexity index is 644. The Kier molecular flexibility index (Phi) is 4.57. The van der Waals surface area contributed by atoms with Gasteiger partial charge in [0.25, 0.3) is 0 Å². The highest BCUT2D eigenvalue weighted by molar-refractivity contribution is 5.78. The van der Waals surface area contributed by atoms with E-state index in [0.29, 0.717) is 11.9 Å². The number of alkyl halides is 3. The Morgan fingerprint density at radius 2 is 2.04 bits per heavy atom. The van der Waals surface area contributed by atoms with Gasteiger partial charge in [-0.1, -0.05) is 26.0 Å². The molecule has 1 aliphatic heterocycles. The number of nitrogens with zero attached hydrogens (tertiary/aromatic N) is 1. The maximum atomic E-state index is 12.1. The molecule has 3 N–H and O–H groups in total. The van der Waals surface area contributed by atoms with Crippen molar-refractivity contribution in [3.05, 3.63) is 29.8 Å². The van der Waals surface area contributed by atoms with E-state index in [4.69, 9.17) is 10.5 Å². The summed E-state index contributed by atoms with van der Waals surface area (Å²) in [5.41, 5.74) is 6.72. The molecule has 1 saturated heterocycles. The molecule has 1 heterocycles. The van der Waals surface area contributed by atoms with Gasteiger partial charge in [-0.05, 0) is 24.1 Å². The molecule has 3 unspecified atom stereocenters. The Morgan fingerprint density at radius 1 is 1.36 bits per heavy atom. The van der Waals surface area contributed by atoms with E-state index in [0.717, 1.165) is 18.6 Å². The summed E-state index contributed by atoms with van der Waals surface area (Å²) in [5, 5.41) is 3.27. The molecule has 1 aromatic carbocycles. The number of halogens is 3. The first-order valence-electron chi connectivity index (χ1n) is 8.19. The monoisotopic (exact) mass is 357 g/mol. The second-order valence-electron chi connectivity index (χ2n) is 7.08. The Labute approximate surface area is 144 Å². The maximum absolute atomic E-state index is 12.1. The van der Waals surface area contributed by atoms with Gasteiger partial charge in [-0.25, -0.2) is 4.99 Å². The van der Waals surface area contributed by atoms with Gasteiger partial charge < -0.3 is 20.5 Å². The molecule has 2 aliphatic rings. The summed E-state index contributed by atoms with van der Waals surface area (Å²) in [5.74, 6) is 0.524. The highest BCUT2D eigenvalue weighted by Gasteiger charge is 2.59. The lowest BCUT2D eigenvalue weighted by Gasteiger charge is -2.54. The molecular weight excluding hydrogens is 335 g/mol. The first-order chi connectivity index (χ1) is 11.7. The van der Waals surface area contributed by atoms with Gasteiger partial charge in [0.15, 0.2) is 5.96 Å². The molecule has 2 fully saturated rings. The van der Waals surface area contributed by atoms with Crippen molar-refractivity contribution in [2.75, 3.05) is 6.61 Å². The van der Waals surface area contributed by atoms with Crippen LogP contribution in [-0.2, 0) is 11.3 Å². The van der Waals surface area contributed by atoms with Gasteiger partial charge in [0.2, 0.25) is 0 Å². The fraction of sp³-hybridized carbons (Fsp3) is 0.588. The summed E-state index contributed by atoms with van der Waals surface area (Å²) in [4.78, 5) is 4.28. The predicted octanol–water partition coefficient (Wildman–Crippen LogP) is 2.80. The van der Waals surface area contributed by atoms with Crippen molar-refractivity contribution in [3.63, 3.8) is 0 Å². The number of hydrogen-bond acceptors (Lipinski definition) is 3. The number of nitrogens with one attached hydrogen (secondary N) is 1. The van der Waals surface area contributed by atoms with Gasteiger partial charge in [-0.2, -0.15) is 0 Å². The summed E-state index contributed by atoms with van der Waals surface area (Å²) in [6, 6.07) is 5.80. The largest absolute Gasteiger partial charge is 0.573 e. The average Bonchev–Trinajstić information content (AvgIpc) is 2.97. The predicted molar refractivity (Wildman–Crippen MR) is 87.0 cm³/mol. The van der Waals surface area contributed by atoms with Crippen molar-refractivity contribution in [1.29, 1.82) is 0 Å². The first-order valence-corrected chi connectivity index (χ1v) is 8.19. The van der Waals surface area contributed by atoms with Gasteiger partial charge in [-0.15, -0.1) is 13.2 Å². The van der Waals surface area contributed by atoms with Gasteiger partial charge in [0.1, 0.15) is 5.75 Å². The number of aliphatic imine (C=N–C) groups is 1. The van der Waals surface area contributed by atoms with Crippen LogP contribution in [0.5, 0.6) is 5.75 Å². The molecule has 0 amide bonds. The molecule has 25 heavy (non-hydrogen) atoms. The van der Waals surface area contributed by atoms with E-state index in [1.54, 1.807) is 0 Å². The zero-order chi connectivity index (χ0) is 18.2. The van der Waals surface area contributed by atoms with E-state index in [2.05, 4.69) is 28.9 Å². The minimum absolute atomic E-state index is 0.00209. The van der Waals surface area contributed by atoms with Crippen molar-refractivity contribution in [1.82, 2.24) is 5.32 Å². The van der Waals surface area contributed by atoms with Crippen LogP contribution >= 0.6 is 0 Å². The SMILES string of the molecule is CC1(C)C(NC(N)=NCc2ccc(OC(F)(F)F)cc2)C2CCOC21. The minimum Gasteiger partial charge on any atom is -0.406 e. The summed E-state index contributed by atoms with van der Waals surface area (Å²) >= 11 is 0. The van der Waals surface area contributed by atoms with Gasteiger partial charge >= 0.3 is 6.36 Å². The van der Waals surface area contributed by atoms with Crippen LogP contribution in [0.4, 0.5) is 13.2 Å². The topological polar surface area (TPSA) is 68.9 Å². The number of guanidine groups is 1. The number of hydrogen-bond donors (Lipinski definition) is 2. The van der Waals surface area contributed by atoms with Crippen LogP contribution in [0.3, 0.4) is 0 Å². The Hall–Kier alpha value is -1.96. The molecule has 0 radical (unpaired) electrons. The zero-order valence-corrected chi connectivity index (χ0v) is 14.1. The standard InChI is InChI=1S/C17H22F3N3O2/c1-16(2)13(12-7-8-24-14(12)16)23-15(21)22-9-10-3-5-11(6-4-10)25-17(18,19)20/h3-6,12-14H,7-9H2,1-2H3,(H3,21,22,23). The average molecular weight is 357 g/mol. The number of rotatable bonds is 4. The molecule has 1 saturated carbocycles. The maximum Gasteiger partial charge on any atom is 0.573 e. The fourth-order valence-corrected chi connectivity index (χ4v) is 3.80. The van der Waals surface area contributed by atoms with E-state index < -0.39 is 6.36 Å². The molecule has 3 atom stereocenters. The third-order valence-corrected chi connectivity index (χ3v) is 4.99. The number of fused-ring (bicyclic) bond motifs is 1. The van der Waals surface area contributed by atoms with Crippen LogP contribution in [0.15, 0.2) is 29.3 Å². The smallest absolute Gasteiger partial charge is 0.406 e. The van der Waals surface area contributed by atoms with Crippen LogP contribution in [0, 0.1) is 11.3 Å². The van der Waals surface area contributed by atoms with Crippen LogP contribution < -0.4 is 15.8 Å². The van der Waals surface area contributed by atoms with E-state index in [1.807, 2.05) is 0 Å². The van der Waals surface area contributed by atoms with Gasteiger partial charge in [0.05, 0.1) is 12.6 Å². The van der Waals surface area contributed by atoms with E-state index in [1.165, 1.54) is 24.3 Å². The lowest BCUT2D eigenvalue weighted by atomic mass is 9.57. The summed E-state index contributed by atoms with van der Waals surface area (Å²) in [6.45, 7) is 5.34. The highest BCUT2D eigenvalue weighted by Crippen LogP contribution is 2.51. The molecule has 0 spiro atoms. The summed E-state index contributed by atoms with van der Waals surface area (Å²) < 4.78 is 46.0. The van der Waals surface area contributed by atoms with E-state index in [-0.39, 0.29) is 29.9 Å². The molecule has 1 aromatic rings. The van der Waals surface area contributed by atoms with Crippen LogP contribution in [-0.4, -0.2) is 31.1 Å². The second kappa shape index (κ2) is 6.40. The molecule has 3 rings (SSSR count). The van der Waals surface area contributed by atoms with E-state index in [9.17, 15) is 13.2 Å². The van der Waals surface area contributed by atoms with Crippen LogP contribution in [0.1, 0.15) is 25.8 Å². The highest BCUT2D eigenvalue weighted by atomic mass is 19.4. The lowest BCUT2D eigenvalue weighted by molar-refractivity contribution is -0.274. The molecule has 0 aromatic heterocycles. The minimum atomic E-state index is -4.69. The zero-order valence-electron chi connectivity index (χ0n) is 14.1. The molecule has 5 nitrogen and oxygen atoms in total. The van der Waals surface area contributed by atoms with Crippen molar-refractivity contribution in [3.8, 4) is 5.75 Å². The molecule has 8 heteroatoms. The fourth-order valence-electron chi connectivity index (χ4n) is 3.80. The number of ether oxygens (including phenoxy) is 2. The molecule has 138 valence electrons. The normalized spacial score (nSPS) is 28.2. The van der Waals surface area contributed by atoms with Gasteiger partial charge in [0, 0.05) is 24.0 Å². The third-order valence-electron chi connectivity index (χ3n) is 4.99. The Morgan fingerprint density at radius 3 is 2.68 bits per heavy atom. The van der Waals surface area contributed by atoms with Crippen molar-refractivity contribution >= 4 is 5.96 Å². The summed E-state index contributed by atoms with van der Waals surface area (Å²) in [7, 11) is 0. The van der Waals surface area contributed by atoms with Gasteiger partial charge in [-0.3, -0.25) is 0 Å². The third kappa shape index (κ3) is 3.84. The quantitative estimate of drug-likeness (QED) is 0.642. The first kappa shape index (κ1) is 17.8. The molecule has 0 bridgehead atoms. The molecular formula is C17H22F3N3O2. The van der Waals surface area contributed by atoms with Crippen LogP contribution in [0.25, 0.3) is 0 Å². The summed E-state index contributed by atoms with van der Waals surface area (Å²) in [6.07, 6.45) is -3.41.